The largest absolute Gasteiger partial charge is 0.366 e. The molecule has 0 spiro atoms. The van der Waals surface area contributed by atoms with Gasteiger partial charge in [-0.1, -0.05) is 11.6 Å². The van der Waals surface area contributed by atoms with Crippen molar-refractivity contribution in [3.05, 3.63) is 28.8 Å². The summed E-state index contributed by atoms with van der Waals surface area (Å²) in [6.45, 7) is 1.10. The number of nitrogens with two attached hydrogens (primary N) is 1. The molecule has 1 saturated heterocycles. The molecule has 3 heteroatoms. The van der Waals surface area contributed by atoms with Crippen LogP contribution in [0.3, 0.4) is 0 Å². The van der Waals surface area contributed by atoms with Crippen LogP contribution in [-0.2, 0) is 6.42 Å². The number of fused-ring (bicyclic) bond motifs is 3. The summed E-state index contributed by atoms with van der Waals surface area (Å²) in [7, 11) is 0. The van der Waals surface area contributed by atoms with Gasteiger partial charge in [0, 0.05) is 29.3 Å². The molecule has 3 rings (SSSR count). The molecule has 0 bridgehead atoms. The number of halogens is 1. The number of anilines is 1. The van der Waals surface area contributed by atoms with Gasteiger partial charge in [-0.3, -0.25) is 0 Å². The summed E-state index contributed by atoms with van der Waals surface area (Å²) in [6.07, 6.45) is 2.18. The van der Waals surface area contributed by atoms with E-state index in [1.54, 1.807) is 0 Å². The van der Waals surface area contributed by atoms with Crippen molar-refractivity contribution in [2.75, 3.05) is 11.4 Å². The maximum Gasteiger partial charge on any atom is 0.0482 e. The molecule has 1 fully saturated rings. The topological polar surface area (TPSA) is 29.3 Å². The van der Waals surface area contributed by atoms with Gasteiger partial charge in [0.05, 0.1) is 0 Å². The van der Waals surface area contributed by atoms with Crippen molar-refractivity contribution in [2.24, 2.45) is 5.73 Å². The van der Waals surface area contributed by atoms with Gasteiger partial charge in [0.15, 0.2) is 0 Å². The molecule has 2 aliphatic heterocycles. The summed E-state index contributed by atoms with van der Waals surface area (Å²) in [4.78, 5) is 2.43. The van der Waals surface area contributed by atoms with Gasteiger partial charge < -0.3 is 10.6 Å². The van der Waals surface area contributed by atoms with Crippen LogP contribution in [0.4, 0.5) is 5.69 Å². The Kier molecular flexibility index (Phi) is 1.76. The molecule has 2 heterocycles. The number of hydrogen-bond donors (Lipinski definition) is 1. The first-order valence-corrected chi connectivity index (χ1v) is 5.44. The summed E-state index contributed by atoms with van der Waals surface area (Å²) in [5.41, 5.74) is 8.76. The lowest BCUT2D eigenvalue weighted by Gasteiger charge is -2.20. The average molecular weight is 209 g/mol. The van der Waals surface area contributed by atoms with Gasteiger partial charge in [0.1, 0.15) is 0 Å². The van der Waals surface area contributed by atoms with E-state index in [0.717, 1.165) is 24.4 Å². The highest BCUT2D eigenvalue weighted by atomic mass is 35.5. The molecule has 2 unspecified atom stereocenters. The summed E-state index contributed by atoms with van der Waals surface area (Å²) in [5.74, 6) is 0. The smallest absolute Gasteiger partial charge is 0.0482 e. The third-order valence-corrected chi connectivity index (χ3v) is 3.61. The third kappa shape index (κ3) is 1.07. The second-order valence-corrected chi connectivity index (χ2v) is 4.63. The zero-order valence-electron chi connectivity index (χ0n) is 7.91. The van der Waals surface area contributed by atoms with Gasteiger partial charge >= 0.3 is 0 Å². The normalized spacial score (nSPS) is 29.1. The fourth-order valence-electron chi connectivity index (χ4n) is 2.66. The maximum atomic E-state index is 6.06. The molecule has 1 aromatic carbocycles. The molecule has 2 aliphatic rings. The van der Waals surface area contributed by atoms with E-state index in [-0.39, 0.29) is 0 Å². The molecule has 0 saturated carbocycles. The van der Waals surface area contributed by atoms with Crippen LogP contribution in [0.15, 0.2) is 18.2 Å². The fraction of sp³-hybridized carbons (Fsp3) is 0.455. The quantitative estimate of drug-likeness (QED) is 0.705. The van der Waals surface area contributed by atoms with Crippen LogP contribution in [0.25, 0.3) is 0 Å². The molecule has 0 amide bonds. The second kappa shape index (κ2) is 2.88. The first-order chi connectivity index (χ1) is 6.75. The number of rotatable bonds is 0. The summed E-state index contributed by atoms with van der Waals surface area (Å²) in [5, 5.41) is 0.832. The number of nitrogens with zero attached hydrogens (tertiary/aromatic N) is 1. The lowest BCUT2D eigenvalue weighted by molar-refractivity contribution is 0.600. The zero-order valence-corrected chi connectivity index (χ0v) is 8.67. The number of benzene rings is 1. The molecular formula is C11H13ClN2. The SMILES string of the molecule is NC1CCN2c3ccc(Cl)cc3CC12. The van der Waals surface area contributed by atoms with Crippen LogP contribution in [0.1, 0.15) is 12.0 Å². The Morgan fingerprint density at radius 3 is 3.14 bits per heavy atom. The minimum atomic E-state index is 0.334. The first-order valence-electron chi connectivity index (χ1n) is 5.06. The predicted molar refractivity (Wildman–Crippen MR) is 58.9 cm³/mol. The Morgan fingerprint density at radius 2 is 2.29 bits per heavy atom. The van der Waals surface area contributed by atoms with E-state index in [0.29, 0.717) is 12.1 Å². The van der Waals surface area contributed by atoms with Crippen molar-refractivity contribution in [1.29, 1.82) is 0 Å². The second-order valence-electron chi connectivity index (χ2n) is 4.19. The standard InChI is InChI=1S/C11H13ClN2/c12-8-1-2-10-7(5-8)6-11-9(13)3-4-14(10)11/h1-2,5,9,11H,3-4,6,13H2. The Labute approximate surface area is 88.6 Å². The van der Waals surface area contributed by atoms with Crippen LogP contribution in [-0.4, -0.2) is 18.6 Å². The predicted octanol–water partition coefficient (Wildman–Crippen LogP) is 1.80. The lowest BCUT2D eigenvalue weighted by Crippen LogP contribution is -2.36. The Morgan fingerprint density at radius 1 is 1.43 bits per heavy atom. The minimum absolute atomic E-state index is 0.334. The van der Waals surface area contributed by atoms with Gasteiger partial charge in [0.25, 0.3) is 0 Å². The highest BCUT2D eigenvalue weighted by Gasteiger charge is 2.37. The van der Waals surface area contributed by atoms with Crippen molar-refractivity contribution in [3.63, 3.8) is 0 Å². The van der Waals surface area contributed by atoms with Crippen LogP contribution in [0.2, 0.25) is 5.02 Å². The van der Waals surface area contributed by atoms with E-state index in [1.807, 2.05) is 6.07 Å². The molecule has 14 heavy (non-hydrogen) atoms. The van der Waals surface area contributed by atoms with E-state index >= 15 is 0 Å². The Bertz CT molecular complexity index is 378. The van der Waals surface area contributed by atoms with E-state index in [4.69, 9.17) is 17.3 Å². The van der Waals surface area contributed by atoms with Gasteiger partial charge in [-0.15, -0.1) is 0 Å². The molecule has 2 nitrogen and oxygen atoms in total. The first kappa shape index (κ1) is 8.57. The summed E-state index contributed by atoms with van der Waals surface area (Å²) >= 11 is 5.97. The monoisotopic (exact) mass is 208 g/mol. The molecule has 2 atom stereocenters. The molecular weight excluding hydrogens is 196 g/mol. The third-order valence-electron chi connectivity index (χ3n) is 3.38. The molecule has 2 N–H and O–H groups in total. The highest BCUT2D eigenvalue weighted by molar-refractivity contribution is 6.30. The van der Waals surface area contributed by atoms with Gasteiger partial charge in [-0.05, 0) is 36.6 Å². The van der Waals surface area contributed by atoms with Crippen molar-refractivity contribution in [3.8, 4) is 0 Å². The van der Waals surface area contributed by atoms with E-state index < -0.39 is 0 Å². The molecule has 1 aromatic rings. The van der Waals surface area contributed by atoms with Crippen LogP contribution < -0.4 is 10.6 Å². The van der Waals surface area contributed by atoms with Gasteiger partial charge in [-0.25, -0.2) is 0 Å². The van der Waals surface area contributed by atoms with Crippen LogP contribution in [0, 0.1) is 0 Å². The average Bonchev–Trinajstić information content (AvgIpc) is 2.66. The van der Waals surface area contributed by atoms with Crippen molar-refractivity contribution >= 4 is 17.3 Å². The summed E-state index contributed by atoms with van der Waals surface area (Å²) < 4.78 is 0. The van der Waals surface area contributed by atoms with Crippen molar-refractivity contribution < 1.29 is 0 Å². The Balaban J connectivity index is 2.04. The van der Waals surface area contributed by atoms with Crippen LogP contribution in [0.5, 0.6) is 0 Å². The van der Waals surface area contributed by atoms with Crippen LogP contribution >= 0.6 is 11.6 Å². The zero-order chi connectivity index (χ0) is 9.71. The molecule has 0 aromatic heterocycles. The molecule has 0 radical (unpaired) electrons. The maximum absolute atomic E-state index is 6.06. The van der Waals surface area contributed by atoms with Gasteiger partial charge in [0.2, 0.25) is 0 Å². The summed E-state index contributed by atoms with van der Waals surface area (Å²) in [6, 6.07) is 7.01. The van der Waals surface area contributed by atoms with E-state index in [1.165, 1.54) is 11.3 Å². The van der Waals surface area contributed by atoms with Crippen molar-refractivity contribution in [2.45, 2.75) is 24.9 Å². The number of hydrogen-bond acceptors (Lipinski definition) is 2. The fourth-order valence-corrected chi connectivity index (χ4v) is 2.86. The highest BCUT2D eigenvalue weighted by Crippen LogP contribution is 2.38. The molecule has 74 valence electrons. The minimum Gasteiger partial charge on any atom is -0.366 e. The van der Waals surface area contributed by atoms with E-state index in [9.17, 15) is 0 Å². The van der Waals surface area contributed by atoms with Crippen molar-refractivity contribution in [1.82, 2.24) is 0 Å². The Hall–Kier alpha value is -0.730. The van der Waals surface area contributed by atoms with E-state index in [2.05, 4.69) is 17.0 Å². The molecule has 0 aliphatic carbocycles. The van der Waals surface area contributed by atoms with Gasteiger partial charge in [-0.2, -0.15) is 0 Å². The lowest BCUT2D eigenvalue weighted by atomic mass is 10.0.